The minimum Gasteiger partial charge on any atom is -0.366 e. The molecule has 1 aromatic heterocycles. The summed E-state index contributed by atoms with van der Waals surface area (Å²) >= 11 is 6.01. The number of aromatic nitrogens is 2. The van der Waals surface area contributed by atoms with Crippen LogP contribution in [0.5, 0.6) is 0 Å². The second-order valence-corrected chi connectivity index (χ2v) is 5.55. The highest BCUT2D eigenvalue weighted by molar-refractivity contribution is 6.30. The first kappa shape index (κ1) is 15.1. The highest BCUT2D eigenvalue weighted by atomic mass is 35.5. The lowest BCUT2D eigenvalue weighted by Gasteiger charge is -2.13. The summed E-state index contributed by atoms with van der Waals surface area (Å²) in [5.41, 5.74) is 12.4. The second-order valence-electron chi connectivity index (χ2n) is 5.12. The van der Waals surface area contributed by atoms with Crippen molar-refractivity contribution < 1.29 is 4.79 Å². The van der Waals surface area contributed by atoms with Crippen molar-refractivity contribution in [3.63, 3.8) is 0 Å². The van der Waals surface area contributed by atoms with Gasteiger partial charge in [-0.2, -0.15) is 0 Å². The maximum Gasteiger partial charge on any atom is 0.248 e. The van der Waals surface area contributed by atoms with E-state index >= 15 is 0 Å². The van der Waals surface area contributed by atoms with Crippen LogP contribution in [0.1, 0.15) is 16.1 Å². The van der Waals surface area contributed by atoms with Crippen molar-refractivity contribution in [1.29, 1.82) is 0 Å². The number of hydrogen-bond acceptors (Lipinski definition) is 3. The molecule has 6 heteroatoms. The van der Waals surface area contributed by atoms with E-state index in [-0.39, 0.29) is 0 Å². The molecule has 0 aliphatic heterocycles. The maximum atomic E-state index is 11.4. The van der Waals surface area contributed by atoms with E-state index in [1.165, 1.54) is 0 Å². The fourth-order valence-corrected chi connectivity index (χ4v) is 2.58. The number of carbonyl (C=O) groups excluding carboxylic acids is 1. The van der Waals surface area contributed by atoms with E-state index in [1.807, 2.05) is 37.3 Å². The highest BCUT2D eigenvalue weighted by Crippen LogP contribution is 2.25. The van der Waals surface area contributed by atoms with E-state index in [2.05, 4.69) is 10.4 Å². The quantitative estimate of drug-likeness (QED) is 0.770. The molecule has 2 aromatic carbocycles. The number of primary amides is 1. The molecule has 23 heavy (non-hydrogen) atoms. The molecule has 3 aromatic rings. The van der Waals surface area contributed by atoms with Crippen molar-refractivity contribution in [3.8, 4) is 11.3 Å². The van der Waals surface area contributed by atoms with E-state index < -0.39 is 5.91 Å². The Morgan fingerprint density at radius 2 is 2.00 bits per heavy atom. The van der Waals surface area contributed by atoms with Crippen molar-refractivity contribution in [3.05, 3.63) is 71.1 Å². The van der Waals surface area contributed by atoms with Gasteiger partial charge in [-0.25, -0.2) is 9.66 Å². The smallest absolute Gasteiger partial charge is 0.248 e. The molecule has 116 valence electrons. The number of nitrogens with one attached hydrogen (secondary N) is 1. The number of benzene rings is 2. The third-order valence-electron chi connectivity index (χ3n) is 3.45. The summed E-state index contributed by atoms with van der Waals surface area (Å²) in [5, 5.41) is 0.643. The fraction of sp³-hybridized carbons (Fsp3) is 0.0588. The Labute approximate surface area is 138 Å². The summed E-state index contributed by atoms with van der Waals surface area (Å²) in [6.07, 6.45) is 1.68. The number of anilines is 1. The number of amides is 1. The third-order valence-corrected chi connectivity index (χ3v) is 3.68. The van der Waals surface area contributed by atoms with E-state index in [9.17, 15) is 4.79 Å². The zero-order chi connectivity index (χ0) is 16.4. The standard InChI is InChI=1S/C17H15ClN4O/c1-11-16(12-4-2-5-13(8-12)17(19)23)22(10-20-11)21-15-7-3-6-14(18)9-15/h2-10,21H,1H3,(H2,19,23). The molecule has 0 spiro atoms. The van der Waals surface area contributed by atoms with E-state index in [0.29, 0.717) is 10.6 Å². The van der Waals surface area contributed by atoms with Crippen molar-refractivity contribution >= 4 is 23.2 Å². The van der Waals surface area contributed by atoms with Crippen LogP contribution >= 0.6 is 11.6 Å². The SMILES string of the molecule is Cc1ncn(Nc2cccc(Cl)c2)c1-c1cccc(C(N)=O)c1. The number of hydrogen-bond donors (Lipinski definition) is 2. The average Bonchev–Trinajstić information content (AvgIpc) is 2.88. The molecule has 0 aliphatic carbocycles. The van der Waals surface area contributed by atoms with Crippen LogP contribution in [-0.4, -0.2) is 15.6 Å². The number of rotatable bonds is 4. The summed E-state index contributed by atoms with van der Waals surface area (Å²) in [7, 11) is 0. The van der Waals surface area contributed by atoms with Crippen molar-refractivity contribution in [2.24, 2.45) is 5.73 Å². The minimum absolute atomic E-state index is 0.456. The molecule has 1 amide bonds. The van der Waals surface area contributed by atoms with Gasteiger partial charge in [-0.3, -0.25) is 10.2 Å². The Kier molecular flexibility index (Phi) is 4.04. The van der Waals surface area contributed by atoms with Crippen molar-refractivity contribution in [2.45, 2.75) is 6.92 Å². The molecule has 0 saturated carbocycles. The third kappa shape index (κ3) is 3.19. The second kappa shape index (κ2) is 6.14. The number of carbonyl (C=O) groups is 1. The summed E-state index contributed by atoms with van der Waals surface area (Å²) < 4.78 is 1.79. The normalized spacial score (nSPS) is 10.5. The van der Waals surface area contributed by atoms with Crippen LogP contribution in [0, 0.1) is 6.92 Å². The molecule has 0 aliphatic rings. The molecule has 3 rings (SSSR count). The van der Waals surface area contributed by atoms with Crippen LogP contribution in [0.2, 0.25) is 5.02 Å². The van der Waals surface area contributed by atoms with Gasteiger partial charge < -0.3 is 5.73 Å². The molecule has 5 nitrogen and oxygen atoms in total. The van der Waals surface area contributed by atoms with Gasteiger partial charge in [0.15, 0.2) is 0 Å². The predicted octanol–water partition coefficient (Wildman–Crippen LogP) is 3.49. The van der Waals surface area contributed by atoms with E-state index in [0.717, 1.165) is 22.6 Å². The molecule has 0 fully saturated rings. The Bertz CT molecular complexity index is 873. The van der Waals surface area contributed by atoms with Gasteiger partial charge in [0.1, 0.15) is 6.33 Å². The number of nitrogens with zero attached hydrogens (tertiary/aromatic N) is 2. The topological polar surface area (TPSA) is 72.9 Å². The molecule has 3 N–H and O–H groups in total. The van der Waals surface area contributed by atoms with Crippen molar-refractivity contribution in [2.75, 3.05) is 5.43 Å². The van der Waals surface area contributed by atoms with Gasteiger partial charge in [-0.15, -0.1) is 0 Å². The van der Waals surface area contributed by atoms with Gasteiger partial charge in [0.2, 0.25) is 5.91 Å². The summed E-state index contributed by atoms with van der Waals surface area (Å²) in [4.78, 5) is 15.7. The summed E-state index contributed by atoms with van der Waals surface area (Å²) in [6.45, 7) is 1.91. The molecular weight excluding hydrogens is 312 g/mol. The van der Waals surface area contributed by atoms with Gasteiger partial charge in [-0.1, -0.05) is 29.8 Å². The van der Waals surface area contributed by atoms with Crippen LogP contribution in [0.15, 0.2) is 54.9 Å². The minimum atomic E-state index is -0.460. The molecule has 0 bridgehead atoms. The fourth-order valence-electron chi connectivity index (χ4n) is 2.39. The van der Waals surface area contributed by atoms with Crippen LogP contribution < -0.4 is 11.2 Å². The van der Waals surface area contributed by atoms with E-state index in [4.69, 9.17) is 17.3 Å². The zero-order valence-electron chi connectivity index (χ0n) is 12.5. The zero-order valence-corrected chi connectivity index (χ0v) is 13.2. The van der Waals surface area contributed by atoms with Crippen LogP contribution in [0.25, 0.3) is 11.3 Å². The number of halogens is 1. The first-order valence-electron chi connectivity index (χ1n) is 7.01. The molecule has 0 unspecified atom stereocenters. The van der Waals surface area contributed by atoms with Gasteiger partial charge in [0, 0.05) is 16.1 Å². The maximum absolute atomic E-state index is 11.4. The van der Waals surface area contributed by atoms with Crippen LogP contribution in [0.4, 0.5) is 5.69 Å². The lowest BCUT2D eigenvalue weighted by Crippen LogP contribution is -2.12. The van der Waals surface area contributed by atoms with Crippen LogP contribution in [-0.2, 0) is 0 Å². The first-order chi connectivity index (χ1) is 11.0. The first-order valence-corrected chi connectivity index (χ1v) is 7.39. The van der Waals surface area contributed by atoms with Gasteiger partial charge in [0.25, 0.3) is 0 Å². The average molecular weight is 327 g/mol. The largest absolute Gasteiger partial charge is 0.366 e. The molecule has 1 heterocycles. The highest BCUT2D eigenvalue weighted by Gasteiger charge is 2.12. The number of imidazole rings is 1. The number of nitrogens with two attached hydrogens (primary N) is 1. The molecule has 0 atom stereocenters. The molecule has 0 saturated heterocycles. The lowest BCUT2D eigenvalue weighted by atomic mass is 10.1. The van der Waals surface area contributed by atoms with Crippen molar-refractivity contribution in [1.82, 2.24) is 9.66 Å². The van der Waals surface area contributed by atoms with Gasteiger partial charge >= 0.3 is 0 Å². The monoisotopic (exact) mass is 326 g/mol. The Hall–Kier alpha value is -2.79. The number of aryl methyl sites for hydroxylation is 1. The Morgan fingerprint density at radius 1 is 1.22 bits per heavy atom. The molecule has 0 radical (unpaired) electrons. The Balaban J connectivity index is 2.02. The van der Waals surface area contributed by atoms with Gasteiger partial charge in [-0.05, 0) is 37.3 Å². The Morgan fingerprint density at radius 3 is 2.74 bits per heavy atom. The van der Waals surface area contributed by atoms with Crippen LogP contribution in [0.3, 0.4) is 0 Å². The molecular formula is C17H15ClN4O. The summed E-state index contributed by atoms with van der Waals surface area (Å²) in [6, 6.07) is 14.5. The summed E-state index contributed by atoms with van der Waals surface area (Å²) in [5.74, 6) is -0.460. The lowest BCUT2D eigenvalue weighted by molar-refractivity contribution is 0.100. The van der Waals surface area contributed by atoms with E-state index in [1.54, 1.807) is 29.2 Å². The van der Waals surface area contributed by atoms with Gasteiger partial charge in [0.05, 0.1) is 17.1 Å². The predicted molar refractivity (Wildman–Crippen MR) is 91.4 cm³/mol.